The summed E-state index contributed by atoms with van der Waals surface area (Å²) in [6.45, 7) is 2.00. The van der Waals surface area contributed by atoms with Gasteiger partial charge in [-0.3, -0.25) is 4.79 Å². The predicted molar refractivity (Wildman–Crippen MR) is 121 cm³/mol. The molecule has 3 aromatic rings. The van der Waals surface area contributed by atoms with Gasteiger partial charge in [-0.05, 0) is 50.4 Å². The molecule has 0 aliphatic heterocycles. The maximum atomic E-state index is 12.0. The third-order valence-electron chi connectivity index (χ3n) is 5.64. The highest BCUT2D eigenvalue weighted by Gasteiger charge is 2.15. The van der Waals surface area contributed by atoms with E-state index in [-0.39, 0.29) is 5.56 Å². The predicted octanol–water partition coefficient (Wildman–Crippen LogP) is 4.97. The number of aromatic nitrogens is 2. The van der Waals surface area contributed by atoms with E-state index in [4.69, 9.17) is 11.6 Å². The molecule has 4 rings (SSSR count). The molecular formula is C23H27ClN4O. The lowest BCUT2D eigenvalue weighted by molar-refractivity contribution is 0.337. The Bertz CT molecular complexity index is 1030. The number of hydrogen-bond acceptors (Lipinski definition) is 4. The van der Waals surface area contributed by atoms with Crippen LogP contribution in [0, 0.1) is 0 Å². The van der Waals surface area contributed by atoms with E-state index in [1.165, 1.54) is 32.1 Å². The molecule has 1 saturated carbocycles. The molecule has 0 spiro atoms. The lowest BCUT2D eigenvalue weighted by atomic mass is 9.93. The summed E-state index contributed by atoms with van der Waals surface area (Å²) in [6.07, 6.45) is 7.57. The minimum atomic E-state index is -0.177. The van der Waals surface area contributed by atoms with E-state index >= 15 is 0 Å². The molecular weight excluding hydrogens is 384 g/mol. The highest BCUT2D eigenvalue weighted by atomic mass is 35.5. The molecule has 1 heterocycles. The zero-order chi connectivity index (χ0) is 20.1. The minimum Gasteiger partial charge on any atom is -0.384 e. The Morgan fingerprint density at radius 1 is 1.03 bits per heavy atom. The highest BCUT2D eigenvalue weighted by Crippen LogP contribution is 2.30. The molecule has 0 saturated heterocycles. The number of nitrogens with one attached hydrogen (secondary N) is 3. The summed E-state index contributed by atoms with van der Waals surface area (Å²) in [5.41, 5.74) is 2.40. The van der Waals surface area contributed by atoms with Crippen LogP contribution in [0.3, 0.4) is 0 Å². The third-order valence-corrected chi connectivity index (χ3v) is 5.97. The van der Waals surface area contributed by atoms with Crippen molar-refractivity contribution in [3.63, 3.8) is 0 Å². The Morgan fingerprint density at radius 2 is 1.83 bits per heavy atom. The van der Waals surface area contributed by atoms with Crippen LogP contribution >= 0.6 is 11.6 Å². The maximum absolute atomic E-state index is 12.0. The fourth-order valence-corrected chi connectivity index (χ4v) is 3.90. The van der Waals surface area contributed by atoms with Crippen molar-refractivity contribution in [3.05, 3.63) is 57.8 Å². The van der Waals surface area contributed by atoms with Crippen LogP contribution < -0.4 is 16.2 Å². The van der Waals surface area contributed by atoms with E-state index in [1.54, 1.807) is 0 Å². The highest BCUT2D eigenvalue weighted by molar-refractivity contribution is 6.33. The molecule has 5 nitrogen and oxygen atoms in total. The van der Waals surface area contributed by atoms with Crippen LogP contribution in [0.4, 0.5) is 5.69 Å². The van der Waals surface area contributed by atoms with Crippen molar-refractivity contribution in [1.29, 1.82) is 0 Å². The molecule has 6 heteroatoms. The van der Waals surface area contributed by atoms with Crippen molar-refractivity contribution >= 4 is 28.1 Å². The maximum Gasteiger partial charge on any atom is 0.272 e. The third kappa shape index (κ3) is 4.80. The summed E-state index contributed by atoms with van der Waals surface area (Å²) in [7, 11) is 0. The normalized spacial score (nSPS) is 14.1. The molecule has 1 fully saturated rings. The average Bonchev–Trinajstić information content (AvgIpc) is 2.70. The number of halogens is 1. The summed E-state index contributed by atoms with van der Waals surface area (Å²) in [6, 6.07) is 14.1. The summed E-state index contributed by atoms with van der Waals surface area (Å²) in [4.78, 5) is 12.0. The number of unbranched alkanes of at least 4 members (excludes halogenated alkanes) is 2. The summed E-state index contributed by atoms with van der Waals surface area (Å²) < 4.78 is 0. The van der Waals surface area contributed by atoms with Crippen molar-refractivity contribution in [2.75, 3.05) is 18.4 Å². The minimum absolute atomic E-state index is 0.177. The van der Waals surface area contributed by atoms with Crippen LogP contribution in [0.15, 0.2) is 47.3 Å². The summed E-state index contributed by atoms with van der Waals surface area (Å²) >= 11 is 6.40. The lowest BCUT2D eigenvalue weighted by Gasteiger charge is -2.26. The molecule has 0 amide bonds. The van der Waals surface area contributed by atoms with E-state index in [9.17, 15) is 4.79 Å². The molecule has 1 aromatic heterocycles. The first-order valence-electron chi connectivity index (χ1n) is 10.5. The van der Waals surface area contributed by atoms with Crippen LogP contribution in [0.5, 0.6) is 0 Å². The topological polar surface area (TPSA) is 69.8 Å². The van der Waals surface area contributed by atoms with Gasteiger partial charge in [-0.25, -0.2) is 5.10 Å². The van der Waals surface area contributed by atoms with E-state index < -0.39 is 0 Å². The number of hydrogen-bond donors (Lipinski definition) is 3. The number of fused-ring (bicyclic) bond motifs is 1. The fourth-order valence-electron chi connectivity index (χ4n) is 3.71. The van der Waals surface area contributed by atoms with Crippen molar-refractivity contribution in [2.45, 2.75) is 44.6 Å². The zero-order valence-corrected chi connectivity index (χ0v) is 17.3. The quantitative estimate of drug-likeness (QED) is 0.436. The van der Waals surface area contributed by atoms with Gasteiger partial charge >= 0.3 is 0 Å². The largest absolute Gasteiger partial charge is 0.384 e. The molecule has 0 unspecified atom stereocenters. The Kier molecular flexibility index (Phi) is 6.47. The summed E-state index contributed by atoms with van der Waals surface area (Å²) in [5, 5.41) is 16.1. The number of H-pyrrole nitrogens is 1. The average molecular weight is 411 g/mol. The number of nitrogens with zero attached hydrogens (tertiary/aromatic N) is 1. The molecule has 29 heavy (non-hydrogen) atoms. The monoisotopic (exact) mass is 410 g/mol. The van der Waals surface area contributed by atoms with Gasteiger partial charge in [-0.2, -0.15) is 5.10 Å². The van der Waals surface area contributed by atoms with Gasteiger partial charge in [0.25, 0.3) is 5.56 Å². The van der Waals surface area contributed by atoms with Gasteiger partial charge in [0.15, 0.2) is 0 Å². The smallest absolute Gasteiger partial charge is 0.272 e. The first-order valence-corrected chi connectivity index (χ1v) is 10.8. The van der Waals surface area contributed by atoms with Gasteiger partial charge in [0.1, 0.15) is 0 Å². The van der Waals surface area contributed by atoms with Crippen LogP contribution in [0.2, 0.25) is 5.02 Å². The molecule has 0 radical (unpaired) electrons. The van der Waals surface area contributed by atoms with Crippen LogP contribution in [-0.2, 0) is 0 Å². The van der Waals surface area contributed by atoms with E-state index in [0.29, 0.717) is 10.4 Å². The molecule has 152 valence electrons. The fraction of sp³-hybridized carbons (Fsp3) is 0.391. The van der Waals surface area contributed by atoms with Gasteiger partial charge in [0.2, 0.25) is 0 Å². The number of aromatic amines is 1. The number of benzene rings is 2. The first kappa shape index (κ1) is 19.9. The van der Waals surface area contributed by atoms with Crippen molar-refractivity contribution < 1.29 is 0 Å². The van der Waals surface area contributed by atoms with Gasteiger partial charge in [-0.1, -0.05) is 48.7 Å². The van der Waals surface area contributed by atoms with Gasteiger partial charge in [0, 0.05) is 23.5 Å². The second kappa shape index (κ2) is 9.42. The first-order chi connectivity index (χ1) is 14.2. The van der Waals surface area contributed by atoms with Gasteiger partial charge in [-0.15, -0.1) is 0 Å². The van der Waals surface area contributed by atoms with Crippen LogP contribution in [-0.4, -0.2) is 29.3 Å². The Labute approximate surface area is 175 Å². The van der Waals surface area contributed by atoms with Gasteiger partial charge in [0.05, 0.1) is 21.8 Å². The van der Waals surface area contributed by atoms with Crippen molar-refractivity contribution in [1.82, 2.24) is 15.5 Å². The van der Waals surface area contributed by atoms with E-state index in [2.05, 4.69) is 20.8 Å². The molecule has 1 aliphatic rings. The van der Waals surface area contributed by atoms with Gasteiger partial charge < -0.3 is 10.6 Å². The van der Waals surface area contributed by atoms with Crippen molar-refractivity contribution in [3.8, 4) is 11.3 Å². The SMILES string of the molecule is O=c1[nH]nc(-c2ccc(Cl)c(NCCCCCNC3CCC3)c2)c2ccccc12. The van der Waals surface area contributed by atoms with Crippen LogP contribution in [0.25, 0.3) is 22.0 Å². The molecule has 0 atom stereocenters. The molecule has 0 bridgehead atoms. The summed E-state index contributed by atoms with van der Waals surface area (Å²) in [5.74, 6) is 0. The number of anilines is 1. The Hall–Kier alpha value is -2.37. The second-order valence-electron chi connectivity index (χ2n) is 7.71. The Morgan fingerprint density at radius 3 is 2.62 bits per heavy atom. The standard InChI is InChI=1S/C23H27ClN4O/c24-20-12-11-16(22-18-9-2-3-10-19(18)23(29)28-27-22)15-21(20)26-14-5-1-4-13-25-17-7-6-8-17/h2-3,9-12,15,17,25-26H,1,4-8,13-14H2,(H,28,29). The molecule has 2 aromatic carbocycles. The van der Waals surface area contributed by atoms with Crippen LogP contribution in [0.1, 0.15) is 38.5 Å². The zero-order valence-electron chi connectivity index (χ0n) is 16.5. The van der Waals surface area contributed by atoms with Crippen molar-refractivity contribution in [2.24, 2.45) is 0 Å². The Balaban J connectivity index is 1.38. The van der Waals surface area contributed by atoms with E-state index in [1.807, 2.05) is 42.5 Å². The lowest BCUT2D eigenvalue weighted by Crippen LogP contribution is -2.35. The second-order valence-corrected chi connectivity index (χ2v) is 8.12. The van der Waals surface area contributed by atoms with E-state index in [0.717, 1.165) is 47.9 Å². The number of rotatable bonds is 9. The molecule has 3 N–H and O–H groups in total. The molecule has 1 aliphatic carbocycles.